The molecule has 0 radical (unpaired) electrons. The molecule has 5 heteroatoms. The van der Waals surface area contributed by atoms with Crippen molar-refractivity contribution in [3.05, 3.63) is 53.2 Å². The lowest BCUT2D eigenvalue weighted by Gasteiger charge is -2.12. The van der Waals surface area contributed by atoms with E-state index in [0.29, 0.717) is 4.99 Å². The van der Waals surface area contributed by atoms with Crippen LogP contribution < -0.4 is 11.1 Å². The molecule has 4 N–H and O–H groups in total. The van der Waals surface area contributed by atoms with Crippen molar-refractivity contribution in [1.82, 2.24) is 4.98 Å². The molecule has 0 aliphatic carbocycles. The monoisotopic (exact) mass is 287 g/mol. The van der Waals surface area contributed by atoms with Gasteiger partial charge in [-0.25, -0.2) is 4.98 Å². The normalized spacial score (nSPS) is 10.2. The number of nitrogens with two attached hydrogens (primary N) is 1. The molecule has 4 nitrogen and oxygen atoms in total. The molecule has 0 aliphatic rings. The highest BCUT2D eigenvalue weighted by Crippen LogP contribution is 2.16. The van der Waals surface area contributed by atoms with Crippen molar-refractivity contribution in [2.45, 2.75) is 13.3 Å². The molecule has 1 aromatic heterocycles. The standard InChI is InChI=1S/C15H17N3OS/c1-10-6-8-17-15(13(10)14(16)20)18-9-7-11-2-4-12(19)5-3-11/h2-6,8,19H,7,9H2,1H3,(H2,16,20)(H,17,18). The van der Waals surface area contributed by atoms with Crippen molar-refractivity contribution >= 4 is 23.0 Å². The Bertz CT molecular complexity index is 611. The SMILES string of the molecule is Cc1ccnc(NCCc2ccc(O)cc2)c1C(N)=S. The van der Waals surface area contributed by atoms with E-state index in [1.165, 1.54) is 0 Å². The third-order valence-electron chi connectivity index (χ3n) is 3.05. The Morgan fingerprint density at radius 3 is 2.65 bits per heavy atom. The van der Waals surface area contributed by atoms with E-state index in [4.69, 9.17) is 18.0 Å². The van der Waals surface area contributed by atoms with E-state index in [1.54, 1.807) is 18.3 Å². The van der Waals surface area contributed by atoms with Gasteiger partial charge in [-0.15, -0.1) is 0 Å². The summed E-state index contributed by atoms with van der Waals surface area (Å²) in [5, 5.41) is 12.5. The Labute approximate surface area is 123 Å². The summed E-state index contributed by atoms with van der Waals surface area (Å²) in [6, 6.07) is 9.05. The molecule has 0 amide bonds. The van der Waals surface area contributed by atoms with E-state index in [1.807, 2.05) is 25.1 Å². The predicted molar refractivity (Wildman–Crippen MR) is 85.2 cm³/mol. The molecule has 0 atom stereocenters. The van der Waals surface area contributed by atoms with Gasteiger partial charge in [-0.2, -0.15) is 0 Å². The van der Waals surface area contributed by atoms with Crippen LogP contribution in [0, 0.1) is 6.92 Å². The van der Waals surface area contributed by atoms with Crippen LogP contribution in [0.4, 0.5) is 5.82 Å². The second kappa shape index (κ2) is 6.34. The highest BCUT2D eigenvalue weighted by Gasteiger charge is 2.09. The zero-order valence-corrected chi connectivity index (χ0v) is 12.1. The maximum Gasteiger partial charge on any atom is 0.136 e. The number of nitrogens with zero attached hydrogens (tertiary/aromatic N) is 1. The lowest BCUT2D eigenvalue weighted by Crippen LogP contribution is -2.17. The van der Waals surface area contributed by atoms with Crippen LogP contribution in [0.15, 0.2) is 36.5 Å². The van der Waals surface area contributed by atoms with Crippen LogP contribution in [-0.2, 0) is 6.42 Å². The minimum Gasteiger partial charge on any atom is -0.508 e. The molecule has 20 heavy (non-hydrogen) atoms. The van der Waals surface area contributed by atoms with Gasteiger partial charge in [0.15, 0.2) is 0 Å². The first-order valence-corrected chi connectivity index (χ1v) is 6.76. The summed E-state index contributed by atoms with van der Waals surface area (Å²) in [7, 11) is 0. The van der Waals surface area contributed by atoms with Crippen molar-refractivity contribution < 1.29 is 5.11 Å². The quantitative estimate of drug-likeness (QED) is 0.737. The molecule has 0 saturated carbocycles. The maximum absolute atomic E-state index is 9.23. The fraction of sp³-hybridized carbons (Fsp3) is 0.200. The van der Waals surface area contributed by atoms with Crippen molar-refractivity contribution in [2.24, 2.45) is 5.73 Å². The van der Waals surface area contributed by atoms with E-state index in [2.05, 4.69) is 10.3 Å². The number of aryl methyl sites for hydroxylation is 1. The Balaban J connectivity index is 2.02. The van der Waals surface area contributed by atoms with Crippen LogP contribution in [0.2, 0.25) is 0 Å². The molecule has 2 aromatic rings. The summed E-state index contributed by atoms with van der Waals surface area (Å²) in [4.78, 5) is 4.64. The topological polar surface area (TPSA) is 71.2 Å². The number of benzene rings is 1. The van der Waals surface area contributed by atoms with Gasteiger partial charge in [0, 0.05) is 12.7 Å². The smallest absolute Gasteiger partial charge is 0.136 e. The number of nitrogens with one attached hydrogen (secondary N) is 1. The van der Waals surface area contributed by atoms with E-state index in [0.717, 1.165) is 35.5 Å². The van der Waals surface area contributed by atoms with Crippen LogP contribution in [0.5, 0.6) is 5.75 Å². The molecular formula is C15H17N3OS. The molecule has 0 spiro atoms. The number of rotatable bonds is 5. The van der Waals surface area contributed by atoms with Crippen molar-refractivity contribution in [3.63, 3.8) is 0 Å². The van der Waals surface area contributed by atoms with Gasteiger partial charge in [0.25, 0.3) is 0 Å². The van der Waals surface area contributed by atoms with Gasteiger partial charge in [0.2, 0.25) is 0 Å². The van der Waals surface area contributed by atoms with Gasteiger partial charge in [-0.1, -0.05) is 24.4 Å². The zero-order valence-electron chi connectivity index (χ0n) is 11.3. The number of aromatic nitrogens is 1. The molecule has 1 heterocycles. The molecule has 104 valence electrons. The predicted octanol–water partition coefficient (Wildman–Crippen LogP) is 2.38. The van der Waals surface area contributed by atoms with Crippen LogP contribution >= 0.6 is 12.2 Å². The maximum atomic E-state index is 9.23. The van der Waals surface area contributed by atoms with Gasteiger partial charge in [-0.05, 0) is 42.7 Å². The Kier molecular flexibility index (Phi) is 4.53. The second-order valence-electron chi connectivity index (χ2n) is 4.56. The number of pyridine rings is 1. The minimum atomic E-state index is 0.276. The van der Waals surface area contributed by atoms with E-state index in [-0.39, 0.29) is 5.75 Å². The molecular weight excluding hydrogens is 270 g/mol. The molecule has 2 rings (SSSR count). The lowest BCUT2D eigenvalue weighted by molar-refractivity contribution is 0.475. The fourth-order valence-electron chi connectivity index (χ4n) is 1.99. The third-order valence-corrected chi connectivity index (χ3v) is 3.25. The Morgan fingerprint density at radius 2 is 2.00 bits per heavy atom. The first-order valence-electron chi connectivity index (χ1n) is 6.35. The number of phenols is 1. The summed E-state index contributed by atoms with van der Waals surface area (Å²) in [5.41, 5.74) is 8.69. The Hall–Kier alpha value is -2.14. The summed E-state index contributed by atoms with van der Waals surface area (Å²) in [6.45, 7) is 2.68. The zero-order chi connectivity index (χ0) is 14.5. The molecule has 0 unspecified atom stereocenters. The van der Waals surface area contributed by atoms with E-state index < -0.39 is 0 Å². The average Bonchev–Trinajstić information content (AvgIpc) is 2.40. The Morgan fingerprint density at radius 1 is 1.30 bits per heavy atom. The summed E-state index contributed by atoms with van der Waals surface area (Å²) in [6.07, 6.45) is 2.56. The first-order chi connectivity index (χ1) is 9.58. The van der Waals surface area contributed by atoms with Crippen molar-refractivity contribution in [1.29, 1.82) is 0 Å². The van der Waals surface area contributed by atoms with Crippen molar-refractivity contribution in [3.8, 4) is 5.75 Å². The average molecular weight is 287 g/mol. The van der Waals surface area contributed by atoms with Gasteiger partial charge < -0.3 is 16.2 Å². The van der Waals surface area contributed by atoms with Gasteiger partial charge in [-0.3, -0.25) is 0 Å². The molecule has 0 aliphatic heterocycles. The minimum absolute atomic E-state index is 0.276. The number of hydrogen-bond donors (Lipinski definition) is 3. The first kappa shape index (κ1) is 14.3. The van der Waals surface area contributed by atoms with E-state index in [9.17, 15) is 5.11 Å². The number of thiocarbonyl (C=S) groups is 1. The van der Waals surface area contributed by atoms with Crippen LogP contribution in [-0.4, -0.2) is 21.6 Å². The molecule has 1 aromatic carbocycles. The third kappa shape index (κ3) is 3.45. The highest BCUT2D eigenvalue weighted by molar-refractivity contribution is 7.80. The van der Waals surface area contributed by atoms with Gasteiger partial charge >= 0.3 is 0 Å². The molecule has 0 bridgehead atoms. The summed E-state index contributed by atoms with van der Waals surface area (Å²) >= 11 is 5.07. The lowest BCUT2D eigenvalue weighted by atomic mass is 10.1. The largest absolute Gasteiger partial charge is 0.508 e. The number of phenolic OH excluding ortho intramolecular Hbond substituents is 1. The molecule has 0 fully saturated rings. The summed E-state index contributed by atoms with van der Waals surface area (Å²) < 4.78 is 0. The van der Waals surface area contributed by atoms with Crippen molar-refractivity contribution in [2.75, 3.05) is 11.9 Å². The van der Waals surface area contributed by atoms with Crippen LogP contribution in [0.3, 0.4) is 0 Å². The second-order valence-corrected chi connectivity index (χ2v) is 5.00. The van der Waals surface area contributed by atoms with Gasteiger partial charge in [0.1, 0.15) is 16.6 Å². The number of anilines is 1. The van der Waals surface area contributed by atoms with Gasteiger partial charge in [0.05, 0.1) is 5.56 Å². The fourth-order valence-corrected chi connectivity index (χ4v) is 2.25. The van der Waals surface area contributed by atoms with Crippen LogP contribution in [0.25, 0.3) is 0 Å². The highest BCUT2D eigenvalue weighted by atomic mass is 32.1. The number of aromatic hydroxyl groups is 1. The van der Waals surface area contributed by atoms with E-state index >= 15 is 0 Å². The summed E-state index contributed by atoms with van der Waals surface area (Å²) in [5.74, 6) is 0.995. The molecule has 0 saturated heterocycles. The van der Waals surface area contributed by atoms with Crippen LogP contribution in [0.1, 0.15) is 16.7 Å². The number of hydrogen-bond acceptors (Lipinski definition) is 4.